The summed E-state index contributed by atoms with van der Waals surface area (Å²) in [5, 5.41) is 11.3. The predicted molar refractivity (Wildman–Crippen MR) is 52.5 cm³/mol. The second kappa shape index (κ2) is 4.18. The van der Waals surface area contributed by atoms with Gasteiger partial charge in [0.1, 0.15) is 18.5 Å². The van der Waals surface area contributed by atoms with Crippen molar-refractivity contribution in [3.05, 3.63) is 24.3 Å². The lowest BCUT2D eigenvalue weighted by Crippen LogP contribution is -2.17. The molecule has 2 aromatic rings. The Morgan fingerprint density at radius 2 is 2.13 bits per heavy atom. The molecule has 2 rings (SSSR count). The van der Waals surface area contributed by atoms with Gasteiger partial charge in [-0.25, -0.2) is 9.97 Å². The van der Waals surface area contributed by atoms with Gasteiger partial charge in [0.05, 0.1) is 13.1 Å². The van der Waals surface area contributed by atoms with Gasteiger partial charge in [-0.3, -0.25) is 9.36 Å². The second-order valence-electron chi connectivity index (χ2n) is 3.24. The van der Waals surface area contributed by atoms with Crippen molar-refractivity contribution in [2.45, 2.75) is 13.1 Å². The minimum absolute atomic E-state index is 0.633. The van der Waals surface area contributed by atoms with Gasteiger partial charge in [0.2, 0.25) is 0 Å². The number of hydrogen-bond acceptors (Lipinski definition) is 5. The summed E-state index contributed by atoms with van der Waals surface area (Å²) in [5.41, 5.74) is 0. The fraction of sp³-hybridized carbons (Fsp3) is 0.500. The van der Waals surface area contributed by atoms with Gasteiger partial charge in [0.15, 0.2) is 5.82 Å². The summed E-state index contributed by atoms with van der Waals surface area (Å²) < 4.78 is 3.41. The maximum Gasteiger partial charge on any atom is 0.164 e. The molecule has 15 heavy (non-hydrogen) atoms. The number of hydrogen-bond donors (Lipinski definition) is 1. The molecule has 7 nitrogen and oxygen atoms in total. The average molecular weight is 207 g/mol. The summed E-state index contributed by atoms with van der Waals surface area (Å²) >= 11 is 0. The molecule has 80 valence electrons. The van der Waals surface area contributed by atoms with Crippen LogP contribution in [0.3, 0.4) is 0 Å². The van der Waals surface area contributed by atoms with Crippen molar-refractivity contribution < 1.29 is 0 Å². The lowest BCUT2D eigenvalue weighted by Gasteiger charge is -2.00. The number of nitrogens with one attached hydrogen (secondary N) is 1. The third kappa shape index (κ3) is 2.38. The van der Waals surface area contributed by atoms with Gasteiger partial charge in [0.25, 0.3) is 0 Å². The molecule has 0 aliphatic carbocycles. The molecule has 2 aromatic heterocycles. The Morgan fingerprint density at radius 1 is 1.27 bits per heavy atom. The first-order chi connectivity index (χ1) is 7.25. The Morgan fingerprint density at radius 3 is 2.73 bits per heavy atom. The standard InChI is InChI=1S/C8H13N7/c1-14-6-11-7(13-14)3-9-4-8-10-5-12-15(8)2/h5-6,9H,3-4H2,1-2H3. The van der Waals surface area contributed by atoms with E-state index in [2.05, 4.69) is 25.5 Å². The summed E-state index contributed by atoms with van der Waals surface area (Å²) in [6.07, 6.45) is 3.22. The zero-order valence-electron chi connectivity index (χ0n) is 8.75. The van der Waals surface area contributed by atoms with E-state index in [0.717, 1.165) is 11.6 Å². The van der Waals surface area contributed by atoms with Crippen molar-refractivity contribution in [2.24, 2.45) is 14.1 Å². The Labute approximate surface area is 87.2 Å². The van der Waals surface area contributed by atoms with E-state index in [1.807, 2.05) is 14.1 Å². The van der Waals surface area contributed by atoms with Gasteiger partial charge in [-0.15, -0.1) is 0 Å². The average Bonchev–Trinajstić information content (AvgIpc) is 2.77. The maximum atomic E-state index is 4.15. The molecule has 1 N–H and O–H groups in total. The van der Waals surface area contributed by atoms with Crippen LogP contribution in [0.25, 0.3) is 0 Å². The van der Waals surface area contributed by atoms with Crippen LogP contribution in [0.15, 0.2) is 12.7 Å². The SMILES string of the molecule is Cn1cnc(CNCc2ncnn2C)n1. The molecule has 0 bridgehead atoms. The third-order valence-electron chi connectivity index (χ3n) is 2.02. The number of aromatic nitrogens is 6. The second-order valence-corrected chi connectivity index (χ2v) is 3.24. The van der Waals surface area contributed by atoms with Crippen molar-refractivity contribution in [3.8, 4) is 0 Å². The Balaban J connectivity index is 1.83. The van der Waals surface area contributed by atoms with Gasteiger partial charge in [-0.05, 0) is 0 Å². The van der Waals surface area contributed by atoms with Crippen molar-refractivity contribution in [2.75, 3.05) is 0 Å². The van der Waals surface area contributed by atoms with Crippen molar-refractivity contribution in [1.29, 1.82) is 0 Å². The quantitative estimate of drug-likeness (QED) is 0.713. The number of rotatable bonds is 4. The molecule has 2 heterocycles. The summed E-state index contributed by atoms with van der Waals surface area (Å²) in [5.74, 6) is 1.67. The zero-order valence-corrected chi connectivity index (χ0v) is 8.75. The molecule has 0 saturated heterocycles. The molecule has 0 radical (unpaired) electrons. The van der Waals surface area contributed by atoms with Gasteiger partial charge in [-0.2, -0.15) is 10.2 Å². The van der Waals surface area contributed by atoms with Crippen molar-refractivity contribution in [3.63, 3.8) is 0 Å². The van der Waals surface area contributed by atoms with Gasteiger partial charge < -0.3 is 5.32 Å². The van der Waals surface area contributed by atoms with Gasteiger partial charge in [-0.1, -0.05) is 0 Å². The molecule has 0 atom stereocenters. The molecular formula is C8H13N7. The molecule has 0 aliphatic rings. The third-order valence-corrected chi connectivity index (χ3v) is 2.02. The Bertz CT molecular complexity index is 430. The molecule has 7 heteroatoms. The summed E-state index contributed by atoms with van der Waals surface area (Å²) in [4.78, 5) is 8.20. The fourth-order valence-corrected chi connectivity index (χ4v) is 1.23. The molecule has 0 spiro atoms. The summed E-state index contributed by atoms with van der Waals surface area (Å²) in [7, 11) is 3.71. The molecule has 0 aromatic carbocycles. The topological polar surface area (TPSA) is 73.5 Å². The Hall–Kier alpha value is -1.76. The number of aryl methyl sites for hydroxylation is 2. The van der Waals surface area contributed by atoms with E-state index in [1.54, 1.807) is 15.7 Å². The first-order valence-electron chi connectivity index (χ1n) is 4.64. The summed E-state index contributed by atoms with van der Waals surface area (Å²) in [6, 6.07) is 0. The van der Waals surface area contributed by atoms with Crippen molar-refractivity contribution >= 4 is 0 Å². The van der Waals surface area contributed by atoms with Crippen LogP contribution in [0, 0.1) is 0 Å². The highest BCUT2D eigenvalue weighted by Gasteiger charge is 2.01. The van der Waals surface area contributed by atoms with Gasteiger partial charge in [0, 0.05) is 14.1 Å². The lowest BCUT2D eigenvalue weighted by atomic mass is 10.5. The fourth-order valence-electron chi connectivity index (χ4n) is 1.23. The lowest BCUT2D eigenvalue weighted by molar-refractivity contribution is 0.596. The van der Waals surface area contributed by atoms with Crippen LogP contribution in [-0.4, -0.2) is 29.5 Å². The Kier molecular flexibility index (Phi) is 2.72. The molecule has 0 amide bonds. The van der Waals surface area contributed by atoms with E-state index < -0.39 is 0 Å². The van der Waals surface area contributed by atoms with E-state index in [9.17, 15) is 0 Å². The predicted octanol–water partition coefficient (Wildman–Crippen LogP) is -0.767. The highest BCUT2D eigenvalue weighted by molar-refractivity contribution is 4.85. The van der Waals surface area contributed by atoms with Crippen LogP contribution < -0.4 is 5.32 Å². The largest absolute Gasteiger partial charge is 0.303 e. The van der Waals surface area contributed by atoms with Crippen LogP contribution in [-0.2, 0) is 27.2 Å². The molecular weight excluding hydrogens is 194 g/mol. The van der Waals surface area contributed by atoms with E-state index >= 15 is 0 Å². The molecule has 0 fully saturated rings. The van der Waals surface area contributed by atoms with E-state index in [4.69, 9.17) is 0 Å². The zero-order chi connectivity index (χ0) is 10.7. The van der Waals surface area contributed by atoms with Crippen molar-refractivity contribution in [1.82, 2.24) is 34.8 Å². The van der Waals surface area contributed by atoms with Crippen LogP contribution in [0.1, 0.15) is 11.6 Å². The maximum absolute atomic E-state index is 4.15. The highest BCUT2D eigenvalue weighted by Crippen LogP contribution is 1.91. The molecule has 0 saturated carbocycles. The minimum Gasteiger partial charge on any atom is -0.303 e. The normalized spacial score (nSPS) is 10.8. The smallest absolute Gasteiger partial charge is 0.164 e. The van der Waals surface area contributed by atoms with Crippen LogP contribution in [0.2, 0.25) is 0 Å². The van der Waals surface area contributed by atoms with E-state index in [1.165, 1.54) is 6.33 Å². The number of nitrogens with zero attached hydrogens (tertiary/aromatic N) is 6. The van der Waals surface area contributed by atoms with Crippen LogP contribution in [0.5, 0.6) is 0 Å². The first kappa shape index (κ1) is 9.78. The van der Waals surface area contributed by atoms with E-state index in [0.29, 0.717) is 13.1 Å². The molecule has 0 aliphatic heterocycles. The van der Waals surface area contributed by atoms with E-state index in [-0.39, 0.29) is 0 Å². The first-order valence-corrected chi connectivity index (χ1v) is 4.64. The monoisotopic (exact) mass is 207 g/mol. The van der Waals surface area contributed by atoms with Gasteiger partial charge >= 0.3 is 0 Å². The summed E-state index contributed by atoms with van der Waals surface area (Å²) in [6.45, 7) is 1.29. The highest BCUT2D eigenvalue weighted by atomic mass is 15.3. The molecule has 0 unspecified atom stereocenters. The van der Waals surface area contributed by atoms with Crippen LogP contribution >= 0.6 is 0 Å². The van der Waals surface area contributed by atoms with Crippen LogP contribution in [0.4, 0.5) is 0 Å². The minimum atomic E-state index is 0.633.